The van der Waals surface area contributed by atoms with Crippen LogP contribution in [0, 0.1) is 6.92 Å². The van der Waals surface area contributed by atoms with E-state index in [-0.39, 0.29) is 0 Å². The Hall–Kier alpha value is -1.97. The van der Waals surface area contributed by atoms with E-state index in [4.69, 9.17) is 28.9 Å². The molecule has 0 aliphatic heterocycles. The fraction of sp³-hybridized carbons (Fsp3) is 0.0625. The summed E-state index contributed by atoms with van der Waals surface area (Å²) in [7, 11) is 0. The number of nitrogen functional groups attached to an aromatic ring is 1. The summed E-state index contributed by atoms with van der Waals surface area (Å²) in [6.45, 7) is 1.96. The minimum atomic E-state index is 0.569. The van der Waals surface area contributed by atoms with E-state index in [1.54, 1.807) is 10.9 Å². The quantitative estimate of drug-likeness (QED) is 0.742. The van der Waals surface area contributed by atoms with Gasteiger partial charge in [0, 0.05) is 10.6 Å². The molecule has 3 aromatic rings. The molecule has 0 saturated heterocycles. The monoisotopic (exact) mass is 317 g/mol. The Kier molecular flexibility index (Phi) is 3.62. The molecule has 5 heteroatoms. The van der Waals surface area contributed by atoms with Crippen LogP contribution in [0.15, 0.2) is 48.7 Å². The van der Waals surface area contributed by atoms with Crippen molar-refractivity contribution in [3.8, 4) is 16.9 Å². The zero-order valence-corrected chi connectivity index (χ0v) is 12.9. The highest BCUT2D eigenvalue weighted by molar-refractivity contribution is 6.33. The van der Waals surface area contributed by atoms with Gasteiger partial charge in [0.05, 0.1) is 22.6 Å². The second kappa shape index (κ2) is 5.43. The van der Waals surface area contributed by atoms with Gasteiger partial charge < -0.3 is 5.73 Å². The first-order valence-corrected chi connectivity index (χ1v) is 7.18. The van der Waals surface area contributed by atoms with Gasteiger partial charge in [0.1, 0.15) is 5.69 Å². The smallest absolute Gasteiger partial charge is 0.117 e. The molecular formula is C16H13Cl2N3. The summed E-state index contributed by atoms with van der Waals surface area (Å²) in [5.41, 5.74) is 10.00. The van der Waals surface area contributed by atoms with Gasteiger partial charge in [-0.1, -0.05) is 47.5 Å². The number of benzene rings is 2. The molecular weight excluding hydrogens is 305 g/mol. The lowest BCUT2D eigenvalue weighted by Crippen LogP contribution is -1.95. The fourth-order valence-electron chi connectivity index (χ4n) is 2.11. The highest BCUT2D eigenvalue weighted by Crippen LogP contribution is 2.31. The summed E-state index contributed by atoms with van der Waals surface area (Å²) in [5.74, 6) is 0. The Morgan fingerprint density at radius 3 is 2.52 bits per heavy atom. The van der Waals surface area contributed by atoms with Crippen molar-refractivity contribution >= 4 is 28.9 Å². The van der Waals surface area contributed by atoms with Crippen LogP contribution in [0.2, 0.25) is 10.0 Å². The average molecular weight is 318 g/mol. The van der Waals surface area contributed by atoms with Crippen molar-refractivity contribution in [2.24, 2.45) is 0 Å². The molecule has 1 heterocycles. The van der Waals surface area contributed by atoms with Crippen LogP contribution in [0.1, 0.15) is 5.56 Å². The molecule has 1 aromatic heterocycles. The molecule has 0 bridgehead atoms. The minimum absolute atomic E-state index is 0.569. The molecule has 0 saturated carbocycles. The van der Waals surface area contributed by atoms with Gasteiger partial charge >= 0.3 is 0 Å². The molecule has 2 aromatic carbocycles. The zero-order valence-electron chi connectivity index (χ0n) is 11.3. The average Bonchev–Trinajstić information content (AvgIpc) is 2.84. The van der Waals surface area contributed by atoms with E-state index < -0.39 is 0 Å². The number of rotatable bonds is 2. The van der Waals surface area contributed by atoms with Gasteiger partial charge in [-0.2, -0.15) is 5.10 Å². The van der Waals surface area contributed by atoms with Gasteiger partial charge in [0.15, 0.2) is 0 Å². The van der Waals surface area contributed by atoms with Crippen molar-refractivity contribution in [2.75, 3.05) is 5.73 Å². The topological polar surface area (TPSA) is 43.8 Å². The molecule has 0 fully saturated rings. The Morgan fingerprint density at radius 2 is 1.81 bits per heavy atom. The number of anilines is 1. The van der Waals surface area contributed by atoms with Crippen LogP contribution in [0.4, 0.5) is 5.69 Å². The number of aromatic nitrogens is 2. The van der Waals surface area contributed by atoms with Crippen molar-refractivity contribution in [3.05, 3.63) is 64.3 Å². The lowest BCUT2D eigenvalue weighted by atomic mass is 10.1. The Morgan fingerprint density at radius 1 is 1.05 bits per heavy atom. The molecule has 3 nitrogen and oxygen atoms in total. The zero-order chi connectivity index (χ0) is 15.0. The highest BCUT2D eigenvalue weighted by Gasteiger charge is 2.12. The molecule has 0 unspecified atom stereocenters. The maximum Gasteiger partial charge on any atom is 0.117 e. The van der Waals surface area contributed by atoms with E-state index in [1.807, 2.05) is 49.4 Å². The van der Waals surface area contributed by atoms with Crippen LogP contribution in [-0.2, 0) is 0 Å². The third-order valence-electron chi connectivity index (χ3n) is 3.29. The van der Waals surface area contributed by atoms with Crippen molar-refractivity contribution < 1.29 is 0 Å². The van der Waals surface area contributed by atoms with E-state index in [0.29, 0.717) is 21.4 Å². The highest BCUT2D eigenvalue weighted by atomic mass is 35.5. The SMILES string of the molecule is Cc1ccc(-n2cc(N)c(-c3ccccc3Cl)n2)cc1Cl. The second-order valence-electron chi connectivity index (χ2n) is 4.79. The maximum atomic E-state index is 6.21. The standard InChI is InChI=1S/C16H13Cl2N3/c1-10-6-7-11(8-14(10)18)21-9-15(19)16(20-21)12-4-2-3-5-13(12)17/h2-9H,19H2,1H3. The number of nitrogens with zero attached hydrogens (tertiary/aromatic N) is 2. The van der Waals surface area contributed by atoms with Crippen molar-refractivity contribution in [1.29, 1.82) is 0 Å². The van der Waals surface area contributed by atoms with Gasteiger partial charge in [0.25, 0.3) is 0 Å². The first kappa shape index (κ1) is 14.0. The predicted octanol–water partition coefficient (Wildman–Crippen LogP) is 4.74. The van der Waals surface area contributed by atoms with E-state index in [1.165, 1.54) is 0 Å². The molecule has 0 aliphatic carbocycles. The van der Waals surface area contributed by atoms with Crippen LogP contribution >= 0.6 is 23.2 Å². The molecule has 21 heavy (non-hydrogen) atoms. The second-order valence-corrected chi connectivity index (χ2v) is 5.61. The van der Waals surface area contributed by atoms with Crippen LogP contribution in [-0.4, -0.2) is 9.78 Å². The normalized spacial score (nSPS) is 10.8. The van der Waals surface area contributed by atoms with E-state index >= 15 is 0 Å². The van der Waals surface area contributed by atoms with Crippen LogP contribution in [0.3, 0.4) is 0 Å². The van der Waals surface area contributed by atoms with E-state index in [0.717, 1.165) is 16.8 Å². The molecule has 0 radical (unpaired) electrons. The Bertz CT molecular complexity index is 809. The van der Waals surface area contributed by atoms with Crippen molar-refractivity contribution in [3.63, 3.8) is 0 Å². The number of hydrogen-bond acceptors (Lipinski definition) is 2. The van der Waals surface area contributed by atoms with Gasteiger partial charge in [-0.25, -0.2) is 4.68 Å². The number of nitrogens with two attached hydrogens (primary N) is 1. The number of halogens is 2. The fourth-order valence-corrected chi connectivity index (χ4v) is 2.51. The summed E-state index contributed by atoms with van der Waals surface area (Å²) in [6, 6.07) is 13.3. The molecule has 0 aliphatic rings. The summed E-state index contributed by atoms with van der Waals surface area (Å²) in [5, 5.41) is 5.85. The van der Waals surface area contributed by atoms with Gasteiger partial charge in [-0.3, -0.25) is 0 Å². The minimum Gasteiger partial charge on any atom is -0.396 e. The first-order chi connectivity index (χ1) is 10.1. The van der Waals surface area contributed by atoms with Crippen LogP contribution < -0.4 is 5.73 Å². The summed E-state index contributed by atoms with van der Waals surface area (Å²) < 4.78 is 1.71. The van der Waals surface area contributed by atoms with Gasteiger partial charge in [0.2, 0.25) is 0 Å². The Labute approximate surface area is 132 Å². The van der Waals surface area contributed by atoms with Gasteiger partial charge in [-0.15, -0.1) is 0 Å². The first-order valence-electron chi connectivity index (χ1n) is 6.43. The molecule has 2 N–H and O–H groups in total. The third kappa shape index (κ3) is 2.62. The predicted molar refractivity (Wildman–Crippen MR) is 88.2 cm³/mol. The molecule has 0 amide bonds. The molecule has 106 valence electrons. The molecule has 3 rings (SSSR count). The lowest BCUT2D eigenvalue weighted by molar-refractivity contribution is 0.884. The third-order valence-corrected chi connectivity index (χ3v) is 4.03. The van der Waals surface area contributed by atoms with Crippen LogP contribution in [0.5, 0.6) is 0 Å². The van der Waals surface area contributed by atoms with E-state index in [9.17, 15) is 0 Å². The summed E-state index contributed by atoms with van der Waals surface area (Å²) in [4.78, 5) is 0. The van der Waals surface area contributed by atoms with Crippen molar-refractivity contribution in [2.45, 2.75) is 6.92 Å². The number of hydrogen-bond donors (Lipinski definition) is 1. The van der Waals surface area contributed by atoms with Crippen molar-refractivity contribution in [1.82, 2.24) is 9.78 Å². The lowest BCUT2D eigenvalue weighted by Gasteiger charge is -2.04. The molecule has 0 atom stereocenters. The summed E-state index contributed by atoms with van der Waals surface area (Å²) >= 11 is 12.4. The largest absolute Gasteiger partial charge is 0.396 e. The van der Waals surface area contributed by atoms with E-state index in [2.05, 4.69) is 5.10 Å². The summed E-state index contributed by atoms with van der Waals surface area (Å²) in [6.07, 6.45) is 1.76. The van der Waals surface area contributed by atoms with Crippen LogP contribution in [0.25, 0.3) is 16.9 Å². The number of aryl methyl sites for hydroxylation is 1. The molecule has 0 spiro atoms. The van der Waals surface area contributed by atoms with Gasteiger partial charge in [-0.05, 0) is 30.7 Å². The Balaban J connectivity index is 2.09. The maximum absolute atomic E-state index is 6.21.